The van der Waals surface area contributed by atoms with Crippen molar-refractivity contribution in [3.8, 4) is 5.75 Å². The highest BCUT2D eigenvalue weighted by Crippen LogP contribution is 2.48. The first-order chi connectivity index (χ1) is 19.4. The van der Waals surface area contributed by atoms with E-state index in [9.17, 15) is 24.5 Å². The van der Waals surface area contributed by atoms with Gasteiger partial charge in [-0.25, -0.2) is 14.8 Å². The number of nitro benzene ring substituents is 1. The van der Waals surface area contributed by atoms with Gasteiger partial charge < -0.3 is 4.74 Å². The van der Waals surface area contributed by atoms with E-state index >= 15 is 0 Å². The van der Waals surface area contributed by atoms with Crippen LogP contribution in [0.4, 0.5) is 17.1 Å². The third-order valence-electron chi connectivity index (χ3n) is 6.87. The van der Waals surface area contributed by atoms with Crippen LogP contribution in [0.25, 0.3) is 0 Å². The third kappa shape index (κ3) is 4.36. The molecule has 0 N–H and O–H groups in total. The van der Waals surface area contributed by atoms with E-state index in [2.05, 4.69) is 0 Å². The van der Waals surface area contributed by atoms with Gasteiger partial charge in [-0.3, -0.25) is 24.5 Å². The van der Waals surface area contributed by atoms with E-state index in [0.717, 1.165) is 4.90 Å². The van der Waals surface area contributed by atoms with Gasteiger partial charge in [0.2, 0.25) is 5.91 Å². The van der Waals surface area contributed by atoms with Gasteiger partial charge in [0.05, 0.1) is 27.9 Å². The number of nitrogens with zero attached hydrogens (tertiary/aromatic N) is 3. The Balaban J connectivity index is 1.36. The minimum absolute atomic E-state index is 0.163. The molecule has 0 aromatic heterocycles. The molecule has 0 radical (unpaired) electrons. The first kappa shape index (κ1) is 25.0. The fourth-order valence-corrected chi connectivity index (χ4v) is 5.03. The molecule has 2 aliphatic heterocycles. The van der Waals surface area contributed by atoms with Gasteiger partial charge >= 0.3 is 5.97 Å². The molecular weight excluding hydrogens is 514 g/mol. The van der Waals surface area contributed by atoms with Crippen molar-refractivity contribution in [2.45, 2.75) is 12.1 Å². The summed E-state index contributed by atoms with van der Waals surface area (Å²) in [6, 6.07) is 28.7. The molecule has 6 rings (SSSR count). The summed E-state index contributed by atoms with van der Waals surface area (Å²) < 4.78 is 5.48. The van der Waals surface area contributed by atoms with Crippen LogP contribution in [-0.2, 0) is 14.4 Å². The molecule has 10 nitrogen and oxygen atoms in total. The number of non-ortho nitro benzene ring substituents is 1. The molecule has 4 aromatic rings. The first-order valence-electron chi connectivity index (χ1n) is 12.4. The Morgan fingerprint density at radius 1 is 0.800 bits per heavy atom. The molecular formula is C30H21N3O7. The number of carbonyl (C=O) groups excluding carboxylic acids is 3. The Labute approximate surface area is 228 Å². The van der Waals surface area contributed by atoms with Crippen LogP contribution in [-0.4, -0.2) is 28.8 Å². The highest BCUT2D eigenvalue weighted by atomic mass is 16.7. The van der Waals surface area contributed by atoms with Crippen LogP contribution < -0.4 is 14.7 Å². The molecule has 0 spiro atoms. The van der Waals surface area contributed by atoms with Gasteiger partial charge in [0, 0.05) is 12.1 Å². The Morgan fingerprint density at radius 3 is 2.12 bits per heavy atom. The summed E-state index contributed by atoms with van der Waals surface area (Å²) in [5.74, 6) is -2.13. The molecule has 2 saturated heterocycles. The van der Waals surface area contributed by atoms with Crippen molar-refractivity contribution in [2.24, 2.45) is 5.92 Å². The fourth-order valence-electron chi connectivity index (χ4n) is 5.03. The zero-order valence-corrected chi connectivity index (χ0v) is 20.8. The number of fused-ring (bicyclic) bond motifs is 1. The molecule has 2 fully saturated rings. The number of nitro groups is 1. The number of amides is 2. The minimum Gasteiger partial charge on any atom is -0.423 e. The number of esters is 1. The zero-order valence-electron chi connectivity index (χ0n) is 20.8. The van der Waals surface area contributed by atoms with Crippen LogP contribution in [0, 0.1) is 16.0 Å². The Bertz CT molecular complexity index is 1610. The zero-order chi connectivity index (χ0) is 27.8. The van der Waals surface area contributed by atoms with Crippen LogP contribution in [0.5, 0.6) is 5.75 Å². The average Bonchev–Trinajstić information content (AvgIpc) is 3.50. The third-order valence-corrected chi connectivity index (χ3v) is 6.87. The first-order valence-corrected chi connectivity index (χ1v) is 12.4. The number of anilines is 2. The number of ether oxygens (including phenoxy) is 1. The molecule has 2 amide bonds. The number of imide groups is 1. The Hall–Kier alpha value is -5.35. The molecule has 3 unspecified atom stereocenters. The Morgan fingerprint density at radius 2 is 1.45 bits per heavy atom. The van der Waals surface area contributed by atoms with E-state index in [1.807, 2.05) is 0 Å². The summed E-state index contributed by atoms with van der Waals surface area (Å²) in [7, 11) is 0. The number of hydrogen-bond acceptors (Lipinski definition) is 8. The van der Waals surface area contributed by atoms with Crippen molar-refractivity contribution >= 4 is 34.8 Å². The molecule has 40 heavy (non-hydrogen) atoms. The number of para-hydroxylation sites is 1. The van der Waals surface area contributed by atoms with Crippen molar-refractivity contribution in [3.05, 3.63) is 130 Å². The van der Waals surface area contributed by atoms with Gasteiger partial charge in [-0.15, -0.1) is 0 Å². The van der Waals surface area contributed by atoms with Crippen LogP contribution in [0.3, 0.4) is 0 Å². The molecule has 0 bridgehead atoms. The summed E-state index contributed by atoms with van der Waals surface area (Å²) in [5.41, 5.74) is 1.57. The average molecular weight is 536 g/mol. The highest BCUT2D eigenvalue weighted by molar-refractivity contribution is 6.23. The van der Waals surface area contributed by atoms with E-state index in [-0.39, 0.29) is 11.4 Å². The normalized spacial score (nSPS) is 19.9. The van der Waals surface area contributed by atoms with Gasteiger partial charge in [-0.1, -0.05) is 54.6 Å². The summed E-state index contributed by atoms with van der Waals surface area (Å²) in [6.07, 6.45) is -1.13. The van der Waals surface area contributed by atoms with E-state index in [1.54, 1.807) is 91.0 Å². The quantitative estimate of drug-likeness (QED) is 0.113. The van der Waals surface area contributed by atoms with Crippen LogP contribution in [0.1, 0.15) is 22.0 Å². The molecule has 2 aliphatic rings. The van der Waals surface area contributed by atoms with E-state index in [1.165, 1.54) is 23.3 Å². The monoisotopic (exact) mass is 535 g/mol. The maximum absolute atomic E-state index is 13.7. The lowest BCUT2D eigenvalue weighted by atomic mass is 9.90. The summed E-state index contributed by atoms with van der Waals surface area (Å²) in [5, 5.41) is 12.8. The lowest BCUT2D eigenvalue weighted by Crippen LogP contribution is -2.37. The number of benzene rings is 4. The number of carbonyl (C=O) groups is 3. The smallest absolute Gasteiger partial charge is 0.343 e. The van der Waals surface area contributed by atoms with E-state index in [0.29, 0.717) is 22.5 Å². The summed E-state index contributed by atoms with van der Waals surface area (Å²) in [4.78, 5) is 57.7. The standard InChI is InChI=1S/C30H21N3O7/c34-28-25-26(19-14-16-24(17-15-19)39-30(36)20-8-3-1-4-9-20)32(22-12-7-13-23(18-22)33(37)38)40-27(25)29(35)31(28)21-10-5-2-6-11-21/h1-18,25-27H. The van der Waals surface area contributed by atoms with Crippen LogP contribution in [0.2, 0.25) is 0 Å². The van der Waals surface area contributed by atoms with Crippen molar-refractivity contribution in [1.82, 2.24) is 0 Å². The van der Waals surface area contributed by atoms with Crippen molar-refractivity contribution in [2.75, 3.05) is 9.96 Å². The second kappa shape index (κ2) is 10.1. The molecule has 3 atom stereocenters. The van der Waals surface area contributed by atoms with E-state index < -0.39 is 40.8 Å². The molecule has 0 saturated carbocycles. The molecule has 2 heterocycles. The summed E-state index contributed by atoms with van der Waals surface area (Å²) >= 11 is 0. The van der Waals surface area contributed by atoms with Gasteiger partial charge in [-0.2, -0.15) is 0 Å². The number of hydrogen-bond donors (Lipinski definition) is 0. The maximum atomic E-state index is 13.7. The van der Waals surface area contributed by atoms with Crippen molar-refractivity contribution < 1.29 is 28.9 Å². The van der Waals surface area contributed by atoms with Gasteiger partial charge in [0.1, 0.15) is 11.7 Å². The van der Waals surface area contributed by atoms with Gasteiger partial charge in [0.25, 0.3) is 11.6 Å². The molecule has 10 heteroatoms. The number of hydroxylamine groups is 1. The topological polar surface area (TPSA) is 119 Å². The van der Waals surface area contributed by atoms with Gasteiger partial charge in [0.15, 0.2) is 6.10 Å². The molecule has 198 valence electrons. The minimum atomic E-state index is -1.13. The Kier molecular flexibility index (Phi) is 6.29. The number of rotatable bonds is 6. The second-order valence-corrected chi connectivity index (χ2v) is 9.27. The fraction of sp³-hybridized carbons (Fsp3) is 0.100. The lowest BCUT2D eigenvalue weighted by Gasteiger charge is -2.28. The predicted molar refractivity (Wildman–Crippen MR) is 143 cm³/mol. The predicted octanol–water partition coefficient (Wildman–Crippen LogP) is 4.87. The lowest BCUT2D eigenvalue weighted by molar-refractivity contribution is -0.384. The molecule has 0 aliphatic carbocycles. The van der Waals surface area contributed by atoms with E-state index in [4.69, 9.17) is 9.57 Å². The van der Waals surface area contributed by atoms with Crippen LogP contribution >= 0.6 is 0 Å². The maximum Gasteiger partial charge on any atom is 0.343 e. The highest BCUT2D eigenvalue weighted by Gasteiger charge is 2.60. The van der Waals surface area contributed by atoms with Gasteiger partial charge in [-0.05, 0) is 48.0 Å². The summed E-state index contributed by atoms with van der Waals surface area (Å²) in [6.45, 7) is 0. The van der Waals surface area contributed by atoms with Crippen molar-refractivity contribution in [3.63, 3.8) is 0 Å². The molecule has 4 aromatic carbocycles. The largest absolute Gasteiger partial charge is 0.423 e. The second-order valence-electron chi connectivity index (χ2n) is 9.27. The van der Waals surface area contributed by atoms with Crippen molar-refractivity contribution in [1.29, 1.82) is 0 Å². The SMILES string of the molecule is O=C(Oc1ccc(C2C3C(=O)N(c4ccccc4)C(=O)C3ON2c2cccc([N+](=O)[O-])c2)cc1)c1ccccc1. The van der Waals surface area contributed by atoms with Crippen LogP contribution in [0.15, 0.2) is 109 Å².